The van der Waals surface area contributed by atoms with E-state index in [9.17, 15) is 13.2 Å². The van der Waals surface area contributed by atoms with Crippen molar-refractivity contribution in [1.82, 2.24) is 14.7 Å². The van der Waals surface area contributed by atoms with Gasteiger partial charge >= 0.3 is 5.97 Å². The largest absolute Gasteiger partial charge is 0.456 e. The summed E-state index contributed by atoms with van der Waals surface area (Å²) in [6.07, 6.45) is 1.72. The van der Waals surface area contributed by atoms with Crippen LogP contribution in [-0.2, 0) is 21.4 Å². The second-order valence-electron chi connectivity index (χ2n) is 6.74. The molecule has 144 valence electrons. The van der Waals surface area contributed by atoms with Gasteiger partial charge in [0.05, 0.1) is 32.9 Å². The molecule has 1 aromatic heterocycles. The van der Waals surface area contributed by atoms with Gasteiger partial charge in [-0.2, -0.15) is 0 Å². The lowest BCUT2D eigenvalue weighted by Crippen LogP contribution is -2.25. The summed E-state index contributed by atoms with van der Waals surface area (Å²) in [4.78, 5) is 21.4. The van der Waals surface area contributed by atoms with Crippen LogP contribution in [0.15, 0.2) is 53.4 Å². The van der Waals surface area contributed by atoms with E-state index in [2.05, 4.69) is 14.7 Å². The molecule has 1 saturated carbocycles. The molecule has 1 N–H and O–H groups in total. The molecule has 7 nitrogen and oxygen atoms in total. The zero-order chi connectivity index (χ0) is 19.7. The fourth-order valence-corrected chi connectivity index (χ4v) is 4.04. The average Bonchev–Trinajstić information content (AvgIpc) is 3.49. The quantitative estimate of drug-likeness (QED) is 0.642. The highest BCUT2D eigenvalue weighted by Gasteiger charge is 2.28. The lowest BCUT2D eigenvalue weighted by molar-refractivity contribution is 0.0467. The number of esters is 1. The van der Waals surface area contributed by atoms with Crippen molar-refractivity contribution in [3.05, 3.63) is 65.5 Å². The van der Waals surface area contributed by atoms with Gasteiger partial charge in [-0.3, -0.25) is 0 Å². The number of aromatic nitrogens is 2. The molecule has 0 bridgehead atoms. The van der Waals surface area contributed by atoms with Crippen LogP contribution in [0.4, 0.5) is 0 Å². The van der Waals surface area contributed by atoms with Gasteiger partial charge < -0.3 is 4.74 Å². The number of nitrogens with zero attached hydrogens (tertiary/aromatic N) is 2. The Balaban J connectivity index is 1.44. The molecular weight excluding hydrogens is 378 g/mol. The van der Waals surface area contributed by atoms with Crippen molar-refractivity contribution in [1.29, 1.82) is 0 Å². The molecule has 1 fully saturated rings. The van der Waals surface area contributed by atoms with E-state index in [1.54, 1.807) is 0 Å². The first-order valence-electron chi connectivity index (χ1n) is 8.94. The first-order chi connectivity index (χ1) is 13.4. The maximum absolute atomic E-state index is 12.3. The number of aryl methyl sites for hydroxylation is 1. The van der Waals surface area contributed by atoms with Crippen LogP contribution >= 0.6 is 0 Å². The topological polar surface area (TPSA) is 98.2 Å². The Bertz CT molecular complexity index is 1140. The fourth-order valence-electron chi connectivity index (χ4n) is 2.74. The van der Waals surface area contributed by atoms with Crippen molar-refractivity contribution in [2.24, 2.45) is 0 Å². The minimum atomic E-state index is -3.54. The van der Waals surface area contributed by atoms with Crippen LogP contribution in [0.5, 0.6) is 0 Å². The zero-order valence-electron chi connectivity index (χ0n) is 15.3. The number of carbonyl (C=O) groups excluding carboxylic acids is 1. The SMILES string of the molecule is Cc1nc2ccccc2nc1COC(=O)c1ccc(S(=O)(=O)NC2CC2)cc1. The van der Waals surface area contributed by atoms with Crippen molar-refractivity contribution >= 4 is 27.0 Å². The maximum atomic E-state index is 12.3. The smallest absolute Gasteiger partial charge is 0.338 e. The Kier molecular flexibility index (Phi) is 4.82. The third-order valence-corrected chi connectivity index (χ3v) is 6.02. The number of carbonyl (C=O) groups is 1. The third-order valence-electron chi connectivity index (χ3n) is 4.48. The van der Waals surface area contributed by atoms with Crippen LogP contribution in [0.3, 0.4) is 0 Å². The highest BCUT2D eigenvalue weighted by atomic mass is 32.2. The summed E-state index contributed by atoms with van der Waals surface area (Å²) in [6, 6.07) is 13.2. The molecule has 8 heteroatoms. The maximum Gasteiger partial charge on any atom is 0.338 e. The molecule has 0 aliphatic heterocycles. The van der Waals surface area contributed by atoms with Crippen molar-refractivity contribution in [2.75, 3.05) is 0 Å². The Hall–Kier alpha value is -2.84. The Morgan fingerprint density at radius 1 is 1.07 bits per heavy atom. The van der Waals surface area contributed by atoms with Crippen molar-refractivity contribution in [3.8, 4) is 0 Å². The van der Waals surface area contributed by atoms with E-state index in [0.29, 0.717) is 11.4 Å². The molecule has 1 aliphatic carbocycles. The summed E-state index contributed by atoms with van der Waals surface area (Å²) < 4.78 is 32.3. The molecule has 3 aromatic rings. The predicted octanol–water partition coefficient (Wildman–Crippen LogP) is 2.74. The van der Waals surface area contributed by atoms with Gasteiger partial charge in [-0.05, 0) is 56.2 Å². The second-order valence-corrected chi connectivity index (χ2v) is 8.45. The average molecular weight is 397 g/mol. The van der Waals surface area contributed by atoms with Gasteiger partial charge in [-0.1, -0.05) is 12.1 Å². The summed E-state index contributed by atoms with van der Waals surface area (Å²) in [5, 5.41) is 0. The molecule has 1 aliphatic rings. The number of nitrogens with one attached hydrogen (secondary N) is 1. The van der Waals surface area contributed by atoms with Gasteiger partial charge in [0.25, 0.3) is 0 Å². The summed E-state index contributed by atoms with van der Waals surface area (Å²) in [6.45, 7) is 1.81. The summed E-state index contributed by atoms with van der Waals surface area (Å²) >= 11 is 0. The van der Waals surface area contributed by atoms with E-state index in [1.807, 2.05) is 31.2 Å². The van der Waals surface area contributed by atoms with Crippen molar-refractivity contribution in [3.63, 3.8) is 0 Å². The molecule has 0 atom stereocenters. The van der Waals surface area contributed by atoms with Crippen molar-refractivity contribution < 1.29 is 17.9 Å². The Labute approximate surface area is 162 Å². The first kappa shape index (κ1) is 18.5. The number of hydrogen-bond donors (Lipinski definition) is 1. The summed E-state index contributed by atoms with van der Waals surface area (Å²) in [5.41, 5.74) is 3.07. The van der Waals surface area contributed by atoms with Gasteiger partial charge in [-0.15, -0.1) is 0 Å². The molecule has 28 heavy (non-hydrogen) atoms. The highest BCUT2D eigenvalue weighted by molar-refractivity contribution is 7.89. The Morgan fingerprint density at radius 3 is 2.36 bits per heavy atom. The fraction of sp³-hybridized carbons (Fsp3) is 0.250. The zero-order valence-corrected chi connectivity index (χ0v) is 16.1. The van der Waals surface area contributed by atoms with Crippen LogP contribution in [0, 0.1) is 6.92 Å². The van der Waals surface area contributed by atoms with Crippen LogP contribution in [0.2, 0.25) is 0 Å². The normalized spacial score (nSPS) is 14.2. The number of rotatable bonds is 6. The lowest BCUT2D eigenvalue weighted by atomic mass is 10.2. The molecule has 0 saturated heterocycles. The van der Waals surface area contributed by atoms with Gasteiger partial charge in [0.1, 0.15) is 6.61 Å². The molecular formula is C20H19N3O4S. The van der Waals surface area contributed by atoms with Crippen LogP contribution in [0.25, 0.3) is 11.0 Å². The molecule has 0 radical (unpaired) electrons. The molecule has 0 unspecified atom stereocenters. The minimum Gasteiger partial charge on any atom is -0.456 e. The standard InChI is InChI=1S/C20H19N3O4S/c1-13-19(22-18-5-3-2-4-17(18)21-13)12-27-20(24)14-6-10-16(11-7-14)28(25,26)23-15-8-9-15/h2-7,10-11,15,23H,8-9,12H2,1H3. The van der Waals surface area contributed by atoms with E-state index in [0.717, 1.165) is 23.9 Å². The van der Waals surface area contributed by atoms with E-state index in [-0.39, 0.29) is 23.1 Å². The van der Waals surface area contributed by atoms with Crippen LogP contribution < -0.4 is 4.72 Å². The first-order valence-corrected chi connectivity index (χ1v) is 10.4. The van der Waals surface area contributed by atoms with Gasteiger partial charge in [-0.25, -0.2) is 27.9 Å². The van der Waals surface area contributed by atoms with Gasteiger partial charge in [0, 0.05) is 6.04 Å². The number of ether oxygens (including phenoxy) is 1. The number of sulfonamides is 1. The molecule has 0 amide bonds. The number of fused-ring (bicyclic) bond motifs is 1. The number of benzene rings is 2. The highest BCUT2D eigenvalue weighted by Crippen LogP contribution is 2.22. The molecule has 1 heterocycles. The second kappa shape index (κ2) is 7.29. The molecule has 4 rings (SSSR count). The van der Waals surface area contributed by atoms with Crippen molar-refractivity contribution in [2.45, 2.75) is 37.3 Å². The number of para-hydroxylation sites is 2. The molecule has 2 aromatic carbocycles. The monoisotopic (exact) mass is 397 g/mol. The van der Waals surface area contributed by atoms with Crippen LogP contribution in [0.1, 0.15) is 34.6 Å². The van der Waals surface area contributed by atoms with E-state index >= 15 is 0 Å². The molecule has 0 spiro atoms. The minimum absolute atomic E-state index is 0.00815. The van der Waals surface area contributed by atoms with E-state index < -0.39 is 16.0 Å². The van der Waals surface area contributed by atoms with E-state index in [4.69, 9.17) is 4.74 Å². The Morgan fingerprint density at radius 2 is 1.71 bits per heavy atom. The van der Waals surface area contributed by atoms with E-state index in [1.165, 1.54) is 24.3 Å². The predicted molar refractivity (Wildman–Crippen MR) is 103 cm³/mol. The van der Waals surface area contributed by atoms with Gasteiger partial charge in [0.15, 0.2) is 0 Å². The summed E-state index contributed by atoms with van der Waals surface area (Å²) in [7, 11) is -3.54. The summed E-state index contributed by atoms with van der Waals surface area (Å²) in [5.74, 6) is -0.548. The van der Waals surface area contributed by atoms with Crippen LogP contribution in [-0.4, -0.2) is 30.4 Å². The van der Waals surface area contributed by atoms with Gasteiger partial charge in [0.2, 0.25) is 10.0 Å². The third kappa shape index (κ3) is 4.02. The number of hydrogen-bond acceptors (Lipinski definition) is 6. The lowest BCUT2D eigenvalue weighted by Gasteiger charge is -2.09.